The first-order valence-corrected chi connectivity index (χ1v) is 9.67. The highest BCUT2D eigenvalue weighted by molar-refractivity contribution is 9.10. The van der Waals surface area contributed by atoms with Crippen molar-refractivity contribution in [1.29, 1.82) is 0 Å². The van der Waals surface area contributed by atoms with E-state index in [2.05, 4.69) is 20.7 Å². The number of para-hydroxylation sites is 1. The number of rotatable bonds is 6. The van der Waals surface area contributed by atoms with Crippen LogP contribution in [0.5, 0.6) is 5.75 Å². The number of halogens is 1. The molecule has 0 spiro atoms. The Labute approximate surface area is 146 Å². The van der Waals surface area contributed by atoms with Crippen LogP contribution in [-0.4, -0.2) is 15.0 Å². The van der Waals surface area contributed by atoms with E-state index >= 15 is 0 Å². The van der Waals surface area contributed by atoms with E-state index in [9.17, 15) is 8.42 Å². The van der Waals surface area contributed by atoms with Crippen LogP contribution in [0.25, 0.3) is 0 Å². The van der Waals surface area contributed by atoms with Gasteiger partial charge in [0.2, 0.25) is 0 Å². The molecule has 1 N–H and O–H groups in total. The zero-order valence-corrected chi connectivity index (χ0v) is 15.7. The van der Waals surface area contributed by atoms with Gasteiger partial charge in [0.25, 0.3) is 10.0 Å². The van der Waals surface area contributed by atoms with Gasteiger partial charge in [0.05, 0.1) is 21.7 Å². The lowest BCUT2D eigenvalue weighted by molar-refractivity contribution is 0.337. The fourth-order valence-electron chi connectivity index (χ4n) is 2.21. The standard InChI is InChI=1S/C17H20BrNO3S/c1-4-22-17-11-13(9-10-15(17)18)23(20,21)19-16-8-6-5-7-14(16)12(2)3/h5-12,19H,4H2,1-3H3. The summed E-state index contributed by atoms with van der Waals surface area (Å²) in [5.74, 6) is 0.727. The number of sulfonamides is 1. The van der Waals surface area contributed by atoms with Gasteiger partial charge >= 0.3 is 0 Å². The molecule has 0 bridgehead atoms. The lowest BCUT2D eigenvalue weighted by atomic mass is 10.0. The molecular weight excluding hydrogens is 378 g/mol. The van der Waals surface area contributed by atoms with Crippen LogP contribution < -0.4 is 9.46 Å². The van der Waals surface area contributed by atoms with E-state index < -0.39 is 10.0 Å². The first-order valence-electron chi connectivity index (χ1n) is 7.39. The molecule has 0 heterocycles. The third-order valence-corrected chi connectivity index (χ3v) is 5.36. The largest absolute Gasteiger partial charge is 0.493 e. The van der Waals surface area contributed by atoms with Gasteiger partial charge < -0.3 is 4.74 Å². The molecule has 2 aromatic rings. The lowest BCUT2D eigenvalue weighted by Gasteiger charge is -2.15. The van der Waals surface area contributed by atoms with Crippen LogP contribution >= 0.6 is 15.9 Å². The predicted molar refractivity (Wildman–Crippen MR) is 96.7 cm³/mol. The molecule has 124 valence electrons. The third kappa shape index (κ3) is 4.26. The van der Waals surface area contributed by atoms with E-state index in [0.29, 0.717) is 18.0 Å². The van der Waals surface area contributed by atoms with E-state index in [1.807, 2.05) is 39.0 Å². The quantitative estimate of drug-likeness (QED) is 0.763. The summed E-state index contributed by atoms with van der Waals surface area (Å²) in [5.41, 5.74) is 1.56. The Morgan fingerprint density at radius 1 is 1.17 bits per heavy atom. The molecule has 0 saturated carbocycles. The number of hydrogen-bond acceptors (Lipinski definition) is 3. The molecule has 0 amide bonds. The number of ether oxygens (including phenoxy) is 1. The molecule has 0 saturated heterocycles. The van der Waals surface area contributed by atoms with Gasteiger partial charge in [0.1, 0.15) is 5.75 Å². The first kappa shape index (κ1) is 17.8. The van der Waals surface area contributed by atoms with Crippen molar-refractivity contribution in [3.63, 3.8) is 0 Å². The Bertz CT molecular complexity index is 788. The molecule has 0 aliphatic carbocycles. The molecule has 2 rings (SSSR count). The van der Waals surface area contributed by atoms with Crippen LogP contribution in [0.15, 0.2) is 51.8 Å². The number of anilines is 1. The Kier molecular flexibility index (Phi) is 5.70. The smallest absolute Gasteiger partial charge is 0.262 e. The third-order valence-electron chi connectivity index (χ3n) is 3.34. The Hall–Kier alpha value is -1.53. The molecule has 0 aromatic heterocycles. The van der Waals surface area contributed by atoms with Crippen molar-refractivity contribution in [2.24, 2.45) is 0 Å². The highest BCUT2D eigenvalue weighted by Crippen LogP contribution is 2.30. The highest BCUT2D eigenvalue weighted by Gasteiger charge is 2.18. The van der Waals surface area contributed by atoms with Crippen molar-refractivity contribution in [2.45, 2.75) is 31.6 Å². The highest BCUT2D eigenvalue weighted by atomic mass is 79.9. The fraction of sp³-hybridized carbons (Fsp3) is 0.294. The minimum Gasteiger partial charge on any atom is -0.493 e. The van der Waals surface area contributed by atoms with Crippen LogP contribution in [0.1, 0.15) is 32.3 Å². The van der Waals surface area contributed by atoms with Crippen molar-refractivity contribution in [3.05, 3.63) is 52.5 Å². The summed E-state index contributed by atoms with van der Waals surface area (Å²) < 4.78 is 34.2. The van der Waals surface area contributed by atoms with Crippen molar-refractivity contribution in [1.82, 2.24) is 0 Å². The molecule has 4 nitrogen and oxygen atoms in total. The summed E-state index contributed by atoms with van der Waals surface area (Å²) in [7, 11) is -3.68. The number of benzene rings is 2. The summed E-state index contributed by atoms with van der Waals surface area (Å²) in [5, 5.41) is 0. The topological polar surface area (TPSA) is 55.4 Å². The molecule has 0 unspecified atom stereocenters. The van der Waals surface area contributed by atoms with Gasteiger partial charge in [-0.3, -0.25) is 4.72 Å². The minimum absolute atomic E-state index is 0.169. The number of hydrogen-bond donors (Lipinski definition) is 1. The van der Waals surface area contributed by atoms with Crippen LogP contribution in [-0.2, 0) is 10.0 Å². The van der Waals surface area contributed by atoms with Crippen molar-refractivity contribution in [3.8, 4) is 5.75 Å². The lowest BCUT2D eigenvalue weighted by Crippen LogP contribution is -2.14. The number of nitrogens with one attached hydrogen (secondary N) is 1. The monoisotopic (exact) mass is 397 g/mol. The molecule has 0 atom stereocenters. The van der Waals surface area contributed by atoms with E-state index in [4.69, 9.17) is 4.74 Å². The molecule has 0 radical (unpaired) electrons. The van der Waals surface area contributed by atoms with Gasteiger partial charge in [-0.05, 0) is 52.5 Å². The van der Waals surface area contributed by atoms with Crippen molar-refractivity contribution >= 4 is 31.6 Å². The molecule has 0 aliphatic heterocycles. The van der Waals surface area contributed by atoms with E-state index in [1.54, 1.807) is 18.2 Å². The van der Waals surface area contributed by atoms with Gasteiger partial charge in [-0.1, -0.05) is 32.0 Å². The molecule has 6 heteroatoms. The first-order chi connectivity index (χ1) is 10.8. The molecule has 0 fully saturated rings. The second-order valence-corrected chi connectivity index (χ2v) is 7.91. The molecule has 0 aliphatic rings. The van der Waals surface area contributed by atoms with Gasteiger partial charge in [-0.2, -0.15) is 0 Å². The summed E-state index contributed by atoms with van der Waals surface area (Å²) in [6.07, 6.45) is 0. The second-order valence-electron chi connectivity index (χ2n) is 5.37. The normalized spacial score (nSPS) is 11.5. The summed E-state index contributed by atoms with van der Waals surface area (Å²) in [6, 6.07) is 12.2. The average Bonchev–Trinajstić information content (AvgIpc) is 2.49. The predicted octanol–water partition coefficient (Wildman–Crippen LogP) is 4.77. The van der Waals surface area contributed by atoms with E-state index in [0.717, 1.165) is 10.0 Å². The average molecular weight is 398 g/mol. The maximum Gasteiger partial charge on any atom is 0.262 e. The van der Waals surface area contributed by atoms with E-state index in [-0.39, 0.29) is 10.8 Å². The second kappa shape index (κ2) is 7.36. The van der Waals surface area contributed by atoms with Gasteiger partial charge in [-0.25, -0.2) is 8.42 Å². The molecule has 2 aromatic carbocycles. The summed E-state index contributed by atoms with van der Waals surface area (Å²) in [4.78, 5) is 0.169. The van der Waals surface area contributed by atoms with Gasteiger partial charge in [-0.15, -0.1) is 0 Å². The van der Waals surface area contributed by atoms with Gasteiger partial charge in [0, 0.05) is 6.07 Å². The Morgan fingerprint density at radius 2 is 1.87 bits per heavy atom. The SMILES string of the molecule is CCOc1cc(S(=O)(=O)Nc2ccccc2C(C)C)ccc1Br. The van der Waals surface area contributed by atoms with Crippen molar-refractivity contribution < 1.29 is 13.2 Å². The molecule has 23 heavy (non-hydrogen) atoms. The molecular formula is C17H20BrNO3S. The van der Waals surface area contributed by atoms with Gasteiger partial charge in [0.15, 0.2) is 0 Å². The van der Waals surface area contributed by atoms with Crippen molar-refractivity contribution in [2.75, 3.05) is 11.3 Å². The maximum atomic E-state index is 12.7. The maximum absolute atomic E-state index is 12.7. The summed E-state index contributed by atoms with van der Waals surface area (Å²) >= 11 is 3.36. The Balaban J connectivity index is 2.38. The zero-order valence-electron chi connectivity index (χ0n) is 13.3. The van der Waals surface area contributed by atoms with Crippen LogP contribution in [0, 0.1) is 0 Å². The van der Waals surface area contributed by atoms with Crippen LogP contribution in [0.2, 0.25) is 0 Å². The zero-order chi connectivity index (χ0) is 17.0. The fourth-order valence-corrected chi connectivity index (χ4v) is 3.68. The van der Waals surface area contributed by atoms with E-state index in [1.165, 1.54) is 6.07 Å². The Morgan fingerprint density at radius 3 is 2.52 bits per heavy atom. The van der Waals surface area contributed by atoms with Crippen LogP contribution in [0.4, 0.5) is 5.69 Å². The summed E-state index contributed by atoms with van der Waals surface area (Å²) in [6.45, 7) is 6.37. The van der Waals surface area contributed by atoms with Crippen LogP contribution in [0.3, 0.4) is 0 Å². The minimum atomic E-state index is -3.68.